The van der Waals surface area contributed by atoms with Gasteiger partial charge in [-0.05, 0) is 41.5 Å². The van der Waals surface area contributed by atoms with Crippen LogP contribution < -0.4 is 5.32 Å². The van der Waals surface area contributed by atoms with Gasteiger partial charge in [0.1, 0.15) is 6.61 Å². The monoisotopic (exact) mass is 476 g/mol. The maximum atomic E-state index is 12.9. The average molecular weight is 477 g/mol. The number of benzene rings is 2. The Hall–Kier alpha value is -3.35. The van der Waals surface area contributed by atoms with Gasteiger partial charge in [0.15, 0.2) is 0 Å². The maximum Gasteiger partial charge on any atom is 0.407 e. The van der Waals surface area contributed by atoms with Crippen LogP contribution in [0.25, 0.3) is 11.1 Å². The smallest absolute Gasteiger partial charge is 0.407 e. The number of fused-ring (bicyclic) bond motifs is 3. The van der Waals surface area contributed by atoms with Gasteiger partial charge in [0.2, 0.25) is 5.91 Å². The number of nitrogens with zero attached hydrogens (tertiary/aromatic N) is 1. The molecule has 35 heavy (non-hydrogen) atoms. The van der Waals surface area contributed by atoms with Gasteiger partial charge in [-0.15, -0.1) is 0 Å². The zero-order valence-corrected chi connectivity index (χ0v) is 20.0. The highest BCUT2D eigenvalue weighted by Gasteiger charge is 2.54. The van der Waals surface area contributed by atoms with Crippen LogP contribution >= 0.6 is 0 Å². The number of alkyl carbamates (subject to hydrolysis) is 1. The van der Waals surface area contributed by atoms with E-state index in [4.69, 9.17) is 4.74 Å². The van der Waals surface area contributed by atoms with Crippen molar-refractivity contribution >= 4 is 18.0 Å². The average Bonchev–Trinajstić information content (AvgIpc) is 3.40. The summed E-state index contributed by atoms with van der Waals surface area (Å²) in [5, 5.41) is 12.4. The van der Waals surface area contributed by atoms with Gasteiger partial charge in [0, 0.05) is 36.9 Å². The molecular formula is C28H32N2O5. The summed E-state index contributed by atoms with van der Waals surface area (Å²) in [5.74, 6) is -1.59. The topological polar surface area (TPSA) is 95.9 Å². The number of nitrogens with one attached hydrogen (secondary N) is 1. The number of hydrogen-bond acceptors (Lipinski definition) is 4. The zero-order chi connectivity index (χ0) is 24.6. The molecule has 1 saturated heterocycles. The molecule has 0 bridgehead atoms. The normalized spacial score (nSPS) is 20.6. The van der Waals surface area contributed by atoms with E-state index in [0.717, 1.165) is 30.4 Å². The molecule has 2 amide bonds. The molecule has 184 valence electrons. The number of carbonyl (C=O) groups is 3. The molecule has 2 fully saturated rings. The van der Waals surface area contributed by atoms with E-state index < -0.39 is 18.0 Å². The molecule has 7 heteroatoms. The van der Waals surface area contributed by atoms with Crippen LogP contribution in [0.5, 0.6) is 0 Å². The summed E-state index contributed by atoms with van der Waals surface area (Å²) in [6.45, 7) is 3.24. The van der Waals surface area contributed by atoms with Crippen LogP contribution in [0, 0.1) is 17.3 Å². The second kappa shape index (κ2) is 9.36. The van der Waals surface area contributed by atoms with Crippen LogP contribution in [0.1, 0.15) is 49.7 Å². The molecule has 0 radical (unpaired) electrons. The fourth-order valence-electron chi connectivity index (χ4n) is 6.09. The van der Waals surface area contributed by atoms with E-state index in [9.17, 15) is 19.5 Å². The predicted molar refractivity (Wildman–Crippen MR) is 131 cm³/mol. The van der Waals surface area contributed by atoms with E-state index in [1.54, 1.807) is 4.90 Å². The number of carbonyl (C=O) groups excluding carboxylic acids is 2. The van der Waals surface area contributed by atoms with Gasteiger partial charge in [-0.3, -0.25) is 9.59 Å². The molecule has 5 rings (SSSR count). The molecule has 0 aromatic heterocycles. The molecule has 1 spiro atoms. The second-order valence-corrected chi connectivity index (χ2v) is 10.3. The van der Waals surface area contributed by atoms with Gasteiger partial charge in [-0.1, -0.05) is 61.9 Å². The number of ether oxygens (including phenoxy) is 1. The van der Waals surface area contributed by atoms with Crippen molar-refractivity contribution < 1.29 is 24.2 Å². The first-order chi connectivity index (χ1) is 16.9. The minimum atomic E-state index is -0.801. The molecule has 2 N–H and O–H groups in total. The molecule has 7 nitrogen and oxygen atoms in total. The Bertz CT molecular complexity index is 1100. The van der Waals surface area contributed by atoms with Crippen molar-refractivity contribution in [1.82, 2.24) is 10.2 Å². The Labute approximate surface area is 205 Å². The third-order valence-corrected chi connectivity index (χ3v) is 8.22. The maximum absolute atomic E-state index is 12.9. The predicted octanol–water partition coefficient (Wildman–Crippen LogP) is 4.26. The molecule has 1 heterocycles. The Morgan fingerprint density at radius 3 is 2.26 bits per heavy atom. The molecule has 3 aliphatic rings. The molecular weight excluding hydrogens is 444 g/mol. The Morgan fingerprint density at radius 1 is 1.09 bits per heavy atom. The van der Waals surface area contributed by atoms with Gasteiger partial charge in [0.05, 0.1) is 5.92 Å². The first-order valence-electron chi connectivity index (χ1n) is 12.5. The van der Waals surface area contributed by atoms with Crippen LogP contribution in [0.4, 0.5) is 4.79 Å². The Kier molecular flexibility index (Phi) is 6.26. The summed E-state index contributed by atoms with van der Waals surface area (Å²) in [6.07, 6.45) is 2.78. The Morgan fingerprint density at radius 2 is 1.71 bits per heavy atom. The molecule has 1 aliphatic heterocycles. The summed E-state index contributed by atoms with van der Waals surface area (Å²) in [7, 11) is 0. The number of hydrogen-bond donors (Lipinski definition) is 2. The van der Waals surface area contributed by atoms with Crippen LogP contribution in [0.15, 0.2) is 48.5 Å². The van der Waals surface area contributed by atoms with Gasteiger partial charge in [-0.2, -0.15) is 0 Å². The van der Waals surface area contributed by atoms with Gasteiger partial charge < -0.3 is 20.1 Å². The first-order valence-corrected chi connectivity index (χ1v) is 12.5. The van der Waals surface area contributed by atoms with Crippen molar-refractivity contribution in [1.29, 1.82) is 0 Å². The summed E-state index contributed by atoms with van der Waals surface area (Å²) in [6, 6.07) is 16.4. The fraction of sp³-hybridized carbons (Fsp3) is 0.464. The van der Waals surface area contributed by atoms with Crippen molar-refractivity contribution in [2.75, 3.05) is 26.2 Å². The highest BCUT2D eigenvalue weighted by molar-refractivity contribution is 5.81. The van der Waals surface area contributed by atoms with Gasteiger partial charge in [-0.25, -0.2) is 4.79 Å². The third-order valence-electron chi connectivity index (χ3n) is 8.22. The molecule has 2 aromatic carbocycles. The lowest BCUT2D eigenvalue weighted by molar-refractivity contribution is -0.146. The van der Waals surface area contributed by atoms with Crippen molar-refractivity contribution in [2.45, 2.75) is 38.5 Å². The van der Waals surface area contributed by atoms with Crippen LogP contribution in [0.3, 0.4) is 0 Å². The van der Waals surface area contributed by atoms with Crippen molar-refractivity contribution in [2.24, 2.45) is 17.3 Å². The van der Waals surface area contributed by atoms with Crippen molar-refractivity contribution in [3.63, 3.8) is 0 Å². The quantitative estimate of drug-likeness (QED) is 0.622. The number of rotatable bonds is 7. The van der Waals surface area contributed by atoms with E-state index in [2.05, 4.69) is 29.6 Å². The van der Waals surface area contributed by atoms with Crippen molar-refractivity contribution in [3.05, 3.63) is 59.7 Å². The standard InChI is InChI=1S/C28H32N2O5/c1-18(25(31)30-15-24(26(32)33)28(17-30)12-6-13-28)11-14-29-27(34)35-16-23-21-9-4-2-7-19(21)20-8-3-5-10-22(20)23/h2-5,7-10,18,23-24H,6,11-17H2,1H3,(H,29,34)(H,32,33). The number of aliphatic carboxylic acids is 1. The first kappa shape index (κ1) is 23.4. The summed E-state index contributed by atoms with van der Waals surface area (Å²) < 4.78 is 5.56. The van der Waals surface area contributed by atoms with E-state index >= 15 is 0 Å². The summed E-state index contributed by atoms with van der Waals surface area (Å²) in [4.78, 5) is 38.7. The fourth-order valence-corrected chi connectivity index (χ4v) is 6.09. The van der Waals surface area contributed by atoms with Crippen LogP contribution in [-0.2, 0) is 14.3 Å². The molecule has 2 aliphatic carbocycles. The zero-order valence-electron chi connectivity index (χ0n) is 20.0. The minimum absolute atomic E-state index is 0.00447. The summed E-state index contributed by atoms with van der Waals surface area (Å²) in [5.41, 5.74) is 4.45. The Balaban J connectivity index is 1.10. The van der Waals surface area contributed by atoms with E-state index in [1.165, 1.54) is 11.1 Å². The minimum Gasteiger partial charge on any atom is -0.481 e. The SMILES string of the molecule is CC(CCNC(=O)OCC1c2ccccc2-c2ccccc21)C(=O)N1CC(C(=O)O)C2(CCC2)C1. The van der Waals surface area contributed by atoms with Crippen LogP contribution in [0.2, 0.25) is 0 Å². The summed E-state index contributed by atoms with van der Waals surface area (Å²) >= 11 is 0. The van der Waals surface area contributed by atoms with Gasteiger partial charge in [0.25, 0.3) is 0 Å². The number of carboxylic acids is 1. The van der Waals surface area contributed by atoms with E-state index in [-0.39, 0.29) is 36.3 Å². The molecule has 2 aromatic rings. The molecule has 1 saturated carbocycles. The molecule has 2 atom stereocenters. The lowest BCUT2D eigenvalue weighted by Crippen LogP contribution is -2.41. The highest BCUT2D eigenvalue weighted by Crippen LogP contribution is 2.52. The molecule has 2 unspecified atom stereocenters. The lowest BCUT2D eigenvalue weighted by Gasteiger charge is -2.41. The third kappa shape index (κ3) is 4.28. The van der Waals surface area contributed by atoms with Crippen LogP contribution in [-0.4, -0.2) is 54.2 Å². The highest BCUT2D eigenvalue weighted by atomic mass is 16.5. The van der Waals surface area contributed by atoms with Gasteiger partial charge >= 0.3 is 12.1 Å². The largest absolute Gasteiger partial charge is 0.481 e. The van der Waals surface area contributed by atoms with E-state index in [0.29, 0.717) is 19.5 Å². The van der Waals surface area contributed by atoms with Crippen molar-refractivity contribution in [3.8, 4) is 11.1 Å². The number of carboxylic acid groups (broad SMARTS) is 1. The number of likely N-dealkylation sites (tertiary alicyclic amines) is 1. The van der Waals surface area contributed by atoms with E-state index in [1.807, 2.05) is 31.2 Å². The second-order valence-electron chi connectivity index (χ2n) is 10.3. The lowest BCUT2D eigenvalue weighted by atomic mass is 9.63. The number of amides is 2.